The van der Waals surface area contributed by atoms with Gasteiger partial charge in [0.2, 0.25) is 5.89 Å². The highest BCUT2D eigenvalue weighted by Crippen LogP contribution is 2.38. The van der Waals surface area contributed by atoms with Crippen LogP contribution in [0.2, 0.25) is 0 Å². The molecule has 7 heteroatoms. The number of fused-ring (bicyclic) bond motifs is 1. The number of hydrogen-bond acceptors (Lipinski definition) is 6. The Labute approximate surface area is 214 Å². The fourth-order valence-electron chi connectivity index (χ4n) is 4.92. The van der Waals surface area contributed by atoms with Crippen LogP contribution in [0, 0.1) is 11.7 Å². The van der Waals surface area contributed by atoms with Gasteiger partial charge in [0.15, 0.2) is 11.9 Å². The summed E-state index contributed by atoms with van der Waals surface area (Å²) in [5.41, 5.74) is 4.20. The van der Waals surface area contributed by atoms with E-state index >= 15 is 0 Å². The average molecular weight is 505 g/mol. The number of aldehydes is 1. The predicted octanol–water partition coefficient (Wildman–Crippen LogP) is 8.26. The second kappa shape index (κ2) is 10.7. The molecule has 0 spiro atoms. The van der Waals surface area contributed by atoms with E-state index in [-0.39, 0.29) is 5.56 Å². The fraction of sp³-hybridized carbons (Fsp3) is 0.310. The summed E-state index contributed by atoms with van der Waals surface area (Å²) in [4.78, 5) is 16.6. The number of aromatic nitrogens is 1. The lowest BCUT2D eigenvalue weighted by molar-refractivity contribution is 0.111. The molecule has 1 heterocycles. The molecular formula is C29H29FN2O3S. The quantitative estimate of drug-likeness (QED) is 0.192. The van der Waals surface area contributed by atoms with Crippen molar-refractivity contribution >= 4 is 35.0 Å². The van der Waals surface area contributed by atoms with Gasteiger partial charge in [0.1, 0.15) is 17.1 Å². The Balaban J connectivity index is 1.29. The van der Waals surface area contributed by atoms with E-state index in [0.29, 0.717) is 35.1 Å². The van der Waals surface area contributed by atoms with Crippen LogP contribution >= 0.6 is 11.9 Å². The van der Waals surface area contributed by atoms with Crippen LogP contribution in [0.4, 0.5) is 10.1 Å². The number of ether oxygens (including phenoxy) is 1. The minimum Gasteiger partial charge on any atom is -0.495 e. The summed E-state index contributed by atoms with van der Waals surface area (Å²) in [5.74, 6) is 1.92. The van der Waals surface area contributed by atoms with E-state index in [1.165, 1.54) is 68.9 Å². The Bertz CT molecular complexity index is 1360. The van der Waals surface area contributed by atoms with Crippen LogP contribution < -0.4 is 9.46 Å². The highest BCUT2D eigenvalue weighted by Gasteiger charge is 2.21. The number of halogens is 1. The number of anilines is 1. The molecular weight excluding hydrogens is 475 g/mol. The maximum absolute atomic E-state index is 14.1. The molecule has 0 aliphatic heterocycles. The van der Waals surface area contributed by atoms with Crippen molar-refractivity contribution in [2.45, 2.75) is 49.8 Å². The summed E-state index contributed by atoms with van der Waals surface area (Å²) < 4.78 is 28.5. The second-order valence-corrected chi connectivity index (χ2v) is 10.2. The van der Waals surface area contributed by atoms with E-state index in [0.717, 1.165) is 21.9 Å². The van der Waals surface area contributed by atoms with Gasteiger partial charge in [0.25, 0.3) is 0 Å². The predicted molar refractivity (Wildman–Crippen MR) is 142 cm³/mol. The molecule has 0 atom stereocenters. The van der Waals surface area contributed by atoms with Crippen LogP contribution in [-0.2, 0) is 0 Å². The van der Waals surface area contributed by atoms with Crippen molar-refractivity contribution in [1.29, 1.82) is 0 Å². The van der Waals surface area contributed by atoms with Gasteiger partial charge in [0.05, 0.1) is 18.4 Å². The van der Waals surface area contributed by atoms with E-state index in [2.05, 4.69) is 35.9 Å². The molecule has 1 N–H and O–H groups in total. The fourth-order valence-corrected chi connectivity index (χ4v) is 5.61. The molecule has 0 bridgehead atoms. The number of carbonyl (C=O) groups excluding carboxylic acids is 1. The number of hydrogen-bond donors (Lipinski definition) is 1. The zero-order valence-corrected chi connectivity index (χ0v) is 21.2. The number of methoxy groups -OCH3 is 1. The molecule has 1 saturated carbocycles. The van der Waals surface area contributed by atoms with Gasteiger partial charge in [-0.2, -0.15) is 0 Å². The largest absolute Gasteiger partial charge is 0.495 e. The first kappa shape index (κ1) is 24.4. The molecule has 1 aliphatic rings. The summed E-state index contributed by atoms with van der Waals surface area (Å²) in [6.45, 7) is 2.30. The molecule has 186 valence electrons. The molecule has 5 nitrogen and oxygen atoms in total. The van der Waals surface area contributed by atoms with Crippen molar-refractivity contribution in [2.75, 3.05) is 11.8 Å². The van der Waals surface area contributed by atoms with Crippen molar-refractivity contribution in [3.8, 4) is 17.2 Å². The first-order valence-electron chi connectivity index (χ1n) is 12.3. The number of nitrogens with zero attached hydrogens (tertiary/aromatic N) is 1. The number of benzene rings is 3. The molecule has 1 aliphatic carbocycles. The first-order valence-corrected chi connectivity index (χ1v) is 13.2. The summed E-state index contributed by atoms with van der Waals surface area (Å²) in [6.07, 6.45) is 6.96. The zero-order valence-electron chi connectivity index (χ0n) is 20.4. The van der Waals surface area contributed by atoms with Gasteiger partial charge in [0, 0.05) is 16.5 Å². The first-order chi connectivity index (χ1) is 17.6. The van der Waals surface area contributed by atoms with Gasteiger partial charge in [-0.05, 0) is 91.4 Å². The smallest absolute Gasteiger partial charge is 0.227 e. The van der Waals surface area contributed by atoms with Gasteiger partial charge in [-0.15, -0.1) is 0 Å². The molecule has 0 saturated heterocycles. The highest BCUT2D eigenvalue weighted by molar-refractivity contribution is 8.00. The number of carbonyl (C=O) groups is 1. The lowest BCUT2D eigenvalue weighted by Crippen LogP contribution is -2.12. The Hall–Kier alpha value is -3.32. The van der Waals surface area contributed by atoms with Gasteiger partial charge in [-0.25, -0.2) is 9.37 Å². The number of oxazole rings is 1. The molecule has 5 rings (SSSR count). The van der Waals surface area contributed by atoms with E-state index < -0.39 is 5.82 Å². The number of rotatable bonds is 8. The summed E-state index contributed by atoms with van der Waals surface area (Å²) >= 11 is 1.30. The highest BCUT2D eigenvalue weighted by atomic mass is 32.2. The third-order valence-electron chi connectivity index (χ3n) is 7.14. The third-order valence-corrected chi connectivity index (χ3v) is 7.95. The van der Waals surface area contributed by atoms with Crippen LogP contribution in [0.1, 0.15) is 60.9 Å². The minimum absolute atomic E-state index is 0.0455. The van der Waals surface area contributed by atoms with Crippen molar-refractivity contribution in [1.82, 2.24) is 4.98 Å². The van der Waals surface area contributed by atoms with Gasteiger partial charge in [-0.3, -0.25) is 4.79 Å². The summed E-state index contributed by atoms with van der Waals surface area (Å²) in [5, 5.41) is 0. The Morgan fingerprint density at radius 2 is 1.89 bits per heavy atom. The van der Waals surface area contributed by atoms with Crippen LogP contribution in [0.5, 0.6) is 5.75 Å². The summed E-state index contributed by atoms with van der Waals surface area (Å²) in [7, 11) is 1.48. The van der Waals surface area contributed by atoms with E-state index in [1.54, 1.807) is 0 Å². The van der Waals surface area contributed by atoms with Crippen LogP contribution in [0.15, 0.2) is 63.9 Å². The van der Waals surface area contributed by atoms with Crippen molar-refractivity contribution in [3.63, 3.8) is 0 Å². The van der Waals surface area contributed by atoms with Crippen LogP contribution in [0.3, 0.4) is 0 Å². The SMILES string of the molecule is CCC1CCC(c2ccc(-c3nc4cc(SNc5cc(F)c(C=O)cc5OC)ccc4o3)cc2)CC1. The van der Waals surface area contributed by atoms with Crippen LogP contribution in [0.25, 0.3) is 22.6 Å². The standard InChI is InChI=1S/C29H29FN2O3S/c1-3-18-4-6-19(7-5-18)20-8-10-21(11-9-20)29-31-25-15-23(12-13-27(25)35-29)36-32-26-16-24(30)22(17-33)14-28(26)34-2/h8-19,32H,3-7H2,1-2H3. The molecule has 36 heavy (non-hydrogen) atoms. The van der Waals surface area contributed by atoms with Gasteiger partial charge < -0.3 is 13.9 Å². The molecule has 1 aromatic heterocycles. The average Bonchev–Trinajstić information content (AvgIpc) is 3.35. The van der Waals surface area contributed by atoms with Crippen molar-refractivity contribution in [2.24, 2.45) is 5.92 Å². The number of nitrogens with one attached hydrogen (secondary N) is 1. The monoisotopic (exact) mass is 504 g/mol. The van der Waals surface area contributed by atoms with E-state index in [9.17, 15) is 9.18 Å². The Kier molecular flexibility index (Phi) is 7.28. The molecule has 0 unspecified atom stereocenters. The van der Waals surface area contributed by atoms with E-state index in [1.807, 2.05) is 18.2 Å². The Morgan fingerprint density at radius 1 is 1.11 bits per heavy atom. The third kappa shape index (κ3) is 5.12. The van der Waals surface area contributed by atoms with E-state index in [4.69, 9.17) is 14.1 Å². The lowest BCUT2D eigenvalue weighted by Gasteiger charge is -2.28. The Morgan fingerprint density at radius 3 is 2.58 bits per heavy atom. The zero-order chi connectivity index (χ0) is 25.1. The lowest BCUT2D eigenvalue weighted by atomic mass is 9.78. The van der Waals surface area contributed by atoms with Crippen molar-refractivity contribution in [3.05, 3.63) is 71.5 Å². The van der Waals surface area contributed by atoms with Crippen molar-refractivity contribution < 1.29 is 18.3 Å². The molecule has 0 radical (unpaired) electrons. The molecule has 0 amide bonds. The molecule has 1 fully saturated rings. The van der Waals surface area contributed by atoms with Crippen LogP contribution in [-0.4, -0.2) is 18.4 Å². The minimum atomic E-state index is -0.606. The molecule has 4 aromatic rings. The second-order valence-electron chi connectivity index (χ2n) is 9.29. The maximum Gasteiger partial charge on any atom is 0.227 e. The topological polar surface area (TPSA) is 64.4 Å². The van der Waals surface area contributed by atoms with Gasteiger partial charge in [-0.1, -0.05) is 25.5 Å². The summed E-state index contributed by atoms with van der Waals surface area (Å²) in [6, 6.07) is 17.0. The normalized spacial score (nSPS) is 17.8. The van der Waals surface area contributed by atoms with Gasteiger partial charge >= 0.3 is 0 Å². The maximum atomic E-state index is 14.1. The molecule has 3 aromatic carbocycles.